The van der Waals surface area contributed by atoms with E-state index in [-0.39, 0.29) is 10.6 Å². The van der Waals surface area contributed by atoms with E-state index in [0.717, 1.165) is 23.3 Å². The van der Waals surface area contributed by atoms with Crippen LogP contribution in [-0.4, -0.2) is 5.91 Å². The van der Waals surface area contributed by atoms with Gasteiger partial charge in [-0.15, -0.1) is 0 Å². The van der Waals surface area contributed by atoms with Crippen molar-refractivity contribution in [2.75, 3.05) is 5.32 Å². The van der Waals surface area contributed by atoms with Crippen LogP contribution in [0.3, 0.4) is 0 Å². The van der Waals surface area contributed by atoms with Gasteiger partial charge in [0.1, 0.15) is 0 Å². The molecule has 0 aliphatic rings. The molecule has 0 aromatic heterocycles. The molecule has 2 nitrogen and oxygen atoms in total. The van der Waals surface area contributed by atoms with Gasteiger partial charge in [-0.25, -0.2) is 8.78 Å². The van der Waals surface area contributed by atoms with Crippen molar-refractivity contribution in [3.8, 4) is 11.1 Å². The van der Waals surface area contributed by atoms with Gasteiger partial charge in [-0.05, 0) is 35.4 Å². The fourth-order valence-electron chi connectivity index (χ4n) is 2.27. The summed E-state index contributed by atoms with van der Waals surface area (Å²) in [6.45, 7) is 0. The first kappa shape index (κ1) is 16.1. The van der Waals surface area contributed by atoms with Crippen molar-refractivity contribution in [2.45, 2.75) is 0 Å². The van der Waals surface area contributed by atoms with Gasteiger partial charge in [0.05, 0.1) is 10.6 Å². The smallest absolute Gasteiger partial charge is 0.257 e. The third-order valence-corrected chi connectivity index (χ3v) is 3.82. The van der Waals surface area contributed by atoms with Gasteiger partial charge in [-0.2, -0.15) is 0 Å². The molecule has 0 radical (unpaired) electrons. The normalized spacial score (nSPS) is 10.5. The topological polar surface area (TPSA) is 29.1 Å². The summed E-state index contributed by atoms with van der Waals surface area (Å²) in [4.78, 5) is 12.2. The van der Waals surface area contributed by atoms with Crippen LogP contribution in [0.2, 0.25) is 5.02 Å². The number of nitrogens with one attached hydrogen (secondary N) is 1. The zero-order valence-electron chi connectivity index (χ0n) is 12.4. The number of benzene rings is 3. The summed E-state index contributed by atoms with van der Waals surface area (Å²) in [5, 5.41) is 2.47. The van der Waals surface area contributed by atoms with Crippen molar-refractivity contribution in [3.05, 3.63) is 89.0 Å². The molecule has 0 heterocycles. The Morgan fingerprint density at radius 1 is 0.833 bits per heavy atom. The van der Waals surface area contributed by atoms with Crippen molar-refractivity contribution in [3.63, 3.8) is 0 Å². The standard InChI is InChI=1S/C19H12ClF2NO/c20-16-11-18(22)17(21)10-15(16)19(24)23-14-8-6-13(7-9-14)12-4-2-1-3-5-12/h1-11H,(H,23,24). The Hall–Kier alpha value is -2.72. The number of hydrogen-bond donors (Lipinski definition) is 1. The van der Waals surface area contributed by atoms with E-state index in [1.54, 1.807) is 12.1 Å². The van der Waals surface area contributed by atoms with Crippen LogP contribution in [0.15, 0.2) is 66.7 Å². The molecule has 0 saturated carbocycles. The summed E-state index contributed by atoms with van der Waals surface area (Å²) in [6.07, 6.45) is 0. The van der Waals surface area contributed by atoms with Gasteiger partial charge in [-0.1, -0.05) is 54.1 Å². The van der Waals surface area contributed by atoms with E-state index in [1.165, 1.54) is 0 Å². The zero-order valence-corrected chi connectivity index (χ0v) is 13.1. The minimum absolute atomic E-state index is 0.122. The Balaban J connectivity index is 1.79. The second-order valence-corrected chi connectivity index (χ2v) is 5.55. The molecule has 0 fully saturated rings. The van der Waals surface area contributed by atoms with Crippen LogP contribution in [-0.2, 0) is 0 Å². The maximum Gasteiger partial charge on any atom is 0.257 e. The van der Waals surface area contributed by atoms with Gasteiger partial charge in [0, 0.05) is 5.69 Å². The van der Waals surface area contributed by atoms with Crippen LogP contribution >= 0.6 is 11.6 Å². The van der Waals surface area contributed by atoms with Crippen LogP contribution < -0.4 is 5.32 Å². The van der Waals surface area contributed by atoms with Crippen molar-refractivity contribution in [1.82, 2.24) is 0 Å². The summed E-state index contributed by atoms with van der Waals surface area (Å²) in [5.41, 5.74) is 2.46. The predicted molar refractivity (Wildman–Crippen MR) is 91.2 cm³/mol. The molecule has 0 spiro atoms. The van der Waals surface area contributed by atoms with E-state index in [9.17, 15) is 13.6 Å². The number of hydrogen-bond acceptors (Lipinski definition) is 1. The Morgan fingerprint density at radius 3 is 2.08 bits per heavy atom. The fraction of sp³-hybridized carbons (Fsp3) is 0. The van der Waals surface area contributed by atoms with Crippen LogP contribution in [0, 0.1) is 11.6 Å². The molecule has 5 heteroatoms. The highest BCUT2D eigenvalue weighted by Gasteiger charge is 2.15. The molecule has 0 bridgehead atoms. The third-order valence-electron chi connectivity index (χ3n) is 3.50. The Morgan fingerprint density at radius 2 is 1.42 bits per heavy atom. The van der Waals surface area contributed by atoms with Gasteiger partial charge in [0.25, 0.3) is 5.91 Å². The lowest BCUT2D eigenvalue weighted by molar-refractivity contribution is 0.102. The molecule has 3 aromatic carbocycles. The number of rotatable bonds is 3. The van der Waals surface area contributed by atoms with Gasteiger partial charge in [0.15, 0.2) is 11.6 Å². The predicted octanol–water partition coefficient (Wildman–Crippen LogP) is 5.54. The van der Waals surface area contributed by atoms with Gasteiger partial charge >= 0.3 is 0 Å². The summed E-state index contributed by atoms with van der Waals surface area (Å²) < 4.78 is 26.3. The van der Waals surface area contributed by atoms with Crippen molar-refractivity contribution in [1.29, 1.82) is 0 Å². The van der Waals surface area contributed by atoms with E-state index in [0.29, 0.717) is 5.69 Å². The quantitative estimate of drug-likeness (QED) is 0.622. The summed E-state index contributed by atoms with van der Waals surface area (Å²) >= 11 is 5.80. The van der Waals surface area contributed by atoms with E-state index in [2.05, 4.69) is 5.32 Å². The molecule has 0 atom stereocenters. The summed E-state index contributed by atoms with van der Waals surface area (Å²) in [7, 11) is 0. The van der Waals surface area contributed by atoms with E-state index < -0.39 is 17.5 Å². The first-order chi connectivity index (χ1) is 11.5. The molecule has 0 aliphatic carbocycles. The lowest BCUT2D eigenvalue weighted by atomic mass is 10.1. The average molecular weight is 344 g/mol. The number of anilines is 1. The minimum atomic E-state index is -1.12. The van der Waals surface area contributed by atoms with Gasteiger partial charge in [-0.3, -0.25) is 4.79 Å². The van der Waals surface area contributed by atoms with Crippen molar-refractivity contribution < 1.29 is 13.6 Å². The first-order valence-electron chi connectivity index (χ1n) is 7.16. The molecule has 120 valence electrons. The second-order valence-electron chi connectivity index (χ2n) is 5.14. The molecule has 1 amide bonds. The molecule has 0 saturated heterocycles. The molecular weight excluding hydrogens is 332 g/mol. The Kier molecular flexibility index (Phi) is 4.58. The van der Waals surface area contributed by atoms with E-state index in [4.69, 9.17) is 11.6 Å². The molecule has 1 N–H and O–H groups in total. The van der Waals surface area contributed by atoms with Crippen molar-refractivity contribution in [2.24, 2.45) is 0 Å². The van der Waals surface area contributed by atoms with Crippen LogP contribution in [0.5, 0.6) is 0 Å². The van der Waals surface area contributed by atoms with Crippen LogP contribution in [0.25, 0.3) is 11.1 Å². The van der Waals surface area contributed by atoms with Crippen LogP contribution in [0.4, 0.5) is 14.5 Å². The van der Waals surface area contributed by atoms with E-state index in [1.807, 2.05) is 42.5 Å². The lowest BCUT2D eigenvalue weighted by Gasteiger charge is -2.08. The van der Waals surface area contributed by atoms with Crippen LogP contribution in [0.1, 0.15) is 10.4 Å². The maximum absolute atomic E-state index is 13.3. The van der Waals surface area contributed by atoms with Gasteiger partial charge in [0.2, 0.25) is 0 Å². The highest BCUT2D eigenvalue weighted by molar-refractivity contribution is 6.34. The summed E-state index contributed by atoms with van der Waals surface area (Å²) in [6, 6.07) is 18.5. The maximum atomic E-state index is 13.3. The first-order valence-corrected chi connectivity index (χ1v) is 7.54. The molecule has 3 aromatic rings. The highest BCUT2D eigenvalue weighted by Crippen LogP contribution is 2.23. The van der Waals surface area contributed by atoms with Crippen molar-refractivity contribution >= 4 is 23.2 Å². The molecule has 24 heavy (non-hydrogen) atoms. The fourth-order valence-corrected chi connectivity index (χ4v) is 2.51. The second kappa shape index (κ2) is 6.81. The Labute approximate surface area is 142 Å². The third kappa shape index (κ3) is 3.44. The lowest BCUT2D eigenvalue weighted by Crippen LogP contribution is -2.13. The van der Waals surface area contributed by atoms with E-state index >= 15 is 0 Å². The minimum Gasteiger partial charge on any atom is -0.322 e. The summed E-state index contributed by atoms with van der Waals surface area (Å²) in [5.74, 6) is -2.82. The molecule has 3 rings (SSSR count). The largest absolute Gasteiger partial charge is 0.322 e. The molecule has 0 unspecified atom stereocenters. The SMILES string of the molecule is O=C(Nc1ccc(-c2ccccc2)cc1)c1cc(F)c(F)cc1Cl. The highest BCUT2D eigenvalue weighted by atomic mass is 35.5. The average Bonchev–Trinajstić information content (AvgIpc) is 2.59. The number of carbonyl (C=O) groups is 1. The number of halogens is 3. The number of carbonyl (C=O) groups excluding carboxylic acids is 1. The molecule has 0 aliphatic heterocycles. The monoisotopic (exact) mass is 343 g/mol. The Bertz CT molecular complexity index is 880. The zero-order chi connectivity index (χ0) is 17.1. The van der Waals surface area contributed by atoms with Gasteiger partial charge < -0.3 is 5.32 Å². The number of amides is 1. The molecular formula is C19H12ClF2NO.